The highest BCUT2D eigenvalue weighted by Gasteiger charge is 2.73. The van der Waals surface area contributed by atoms with E-state index in [9.17, 15) is 4.79 Å². The van der Waals surface area contributed by atoms with Crippen molar-refractivity contribution in [2.45, 2.75) is 51.4 Å². The maximum atomic E-state index is 13.9. The number of nitrogens with zero attached hydrogens (tertiary/aromatic N) is 2. The maximum Gasteiger partial charge on any atom is 0.237 e. The number of amides is 1. The van der Waals surface area contributed by atoms with Crippen molar-refractivity contribution in [1.82, 2.24) is 9.97 Å². The molecule has 1 fully saturated rings. The Labute approximate surface area is 186 Å². The molecular weight excluding hydrogens is 417 g/mol. The lowest BCUT2D eigenvalue weighted by molar-refractivity contribution is -0.125. The summed E-state index contributed by atoms with van der Waals surface area (Å²) in [4.78, 5) is 23.8. The molecule has 2 bridgehead atoms. The molecule has 5 rings (SSSR count). The second kappa shape index (κ2) is 6.18. The van der Waals surface area contributed by atoms with Crippen molar-refractivity contribution in [3.05, 3.63) is 63.4 Å². The SMILES string of the molecule is Cc1ccccc1NC(=O)C12CCC(C)(c3nc4cc(Cl)c(Cl)cc4nc31)C2(C)C. The number of benzene rings is 2. The minimum Gasteiger partial charge on any atom is -0.325 e. The summed E-state index contributed by atoms with van der Waals surface area (Å²) in [6.45, 7) is 8.55. The van der Waals surface area contributed by atoms with Crippen LogP contribution in [0.15, 0.2) is 36.4 Å². The lowest BCUT2D eigenvalue weighted by Gasteiger charge is -2.39. The Bertz CT molecular complexity index is 1240. The monoisotopic (exact) mass is 439 g/mol. The predicted molar refractivity (Wildman–Crippen MR) is 121 cm³/mol. The highest BCUT2D eigenvalue weighted by Crippen LogP contribution is 2.70. The molecular formula is C24H23Cl2N3O. The lowest BCUT2D eigenvalue weighted by Crippen LogP contribution is -2.48. The van der Waals surface area contributed by atoms with Crippen molar-refractivity contribution in [2.24, 2.45) is 5.41 Å². The molecule has 2 atom stereocenters. The van der Waals surface area contributed by atoms with Gasteiger partial charge in [-0.25, -0.2) is 9.97 Å². The van der Waals surface area contributed by atoms with Crippen molar-refractivity contribution >= 4 is 45.8 Å². The van der Waals surface area contributed by atoms with Crippen LogP contribution in [-0.2, 0) is 15.6 Å². The number of aromatic nitrogens is 2. The molecule has 4 nitrogen and oxygen atoms in total. The van der Waals surface area contributed by atoms with Crippen LogP contribution in [0.2, 0.25) is 10.0 Å². The number of hydrogen-bond acceptors (Lipinski definition) is 3. The van der Waals surface area contributed by atoms with E-state index in [1.807, 2.05) is 31.2 Å². The molecule has 3 aromatic rings. The summed E-state index contributed by atoms with van der Waals surface area (Å²) in [5.74, 6) is -0.0158. The largest absolute Gasteiger partial charge is 0.325 e. The van der Waals surface area contributed by atoms with Gasteiger partial charge in [0.25, 0.3) is 0 Å². The third kappa shape index (κ3) is 2.27. The van der Waals surface area contributed by atoms with Gasteiger partial charge in [-0.2, -0.15) is 0 Å². The fourth-order valence-electron chi connectivity index (χ4n) is 5.54. The topological polar surface area (TPSA) is 54.9 Å². The summed E-state index contributed by atoms with van der Waals surface area (Å²) < 4.78 is 0. The van der Waals surface area contributed by atoms with E-state index >= 15 is 0 Å². The van der Waals surface area contributed by atoms with Gasteiger partial charge in [0.2, 0.25) is 5.91 Å². The Balaban J connectivity index is 1.73. The van der Waals surface area contributed by atoms with E-state index in [1.54, 1.807) is 12.1 Å². The van der Waals surface area contributed by atoms with Crippen LogP contribution in [0.1, 0.15) is 50.6 Å². The van der Waals surface area contributed by atoms with Gasteiger partial charge in [0.1, 0.15) is 0 Å². The lowest BCUT2D eigenvalue weighted by atomic mass is 9.63. The number of nitrogens with one attached hydrogen (secondary N) is 1. The molecule has 154 valence electrons. The summed E-state index contributed by atoms with van der Waals surface area (Å²) >= 11 is 12.5. The molecule has 0 radical (unpaired) electrons. The second-order valence-electron chi connectivity index (χ2n) is 9.31. The molecule has 1 aromatic heterocycles. The molecule has 2 aliphatic rings. The molecule has 30 heavy (non-hydrogen) atoms. The molecule has 0 spiro atoms. The van der Waals surface area contributed by atoms with Crippen LogP contribution in [0.3, 0.4) is 0 Å². The van der Waals surface area contributed by atoms with Crippen LogP contribution >= 0.6 is 23.2 Å². The van der Waals surface area contributed by atoms with E-state index in [4.69, 9.17) is 33.2 Å². The third-order valence-electron chi connectivity index (χ3n) is 7.86. The van der Waals surface area contributed by atoms with Gasteiger partial charge in [0, 0.05) is 11.1 Å². The van der Waals surface area contributed by atoms with Gasteiger partial charge < -0.3 is 5.32 Å². The maximum absolute atomic E-state index is 13.9. The van der Waals surface area contributed by atoms with Crippen LogP contribution in [0, 0.1) is 12.3 Å². The number of carbonyl (C=O) groups is 1. The van der Waals surface area contributed by atoms with Gasteiger partial charge in [0.15, 0.2) is 0 Å². The van der Waals surface area contributed by atoms with Gasteiger partial charge in [0.05, 0.1) is 37.9 Å². The standard InChI is InChI=1S/C24H23Cl2N3O/c1-13-7-5-6-8-16(13)29-21(30)24-10-9-23(4,22(24,2)3)19-20(24)28-18-12-15(26)14(25)11-17(18)27-19/h5-8,11-12H,9-10H2,1-4H3,(H,29,30). The van der Waals surface area contributed by atoms with E-state index in [0.29, 0.717) is 21.1 Å². The number of fused-ring (bicyclic) bond motifs is 6. The number of hydrogen-bond donors (Lipinski definition) is 1. The Hall–Kier alpha value is -2.17. The number of carbonyl (C=O) groups excluding carboxylic acids is 1. The molecule has 1 heterocycles. The molecule has 6 heteroatoms. The molecule has 1 N–H and O–H groups in total. The van der Waals surface area contributed by atoms with Crippen molar-refractivity contribution in [2.75, 3.05) is 5.32 Å². The summed E-state index contributed by atoms with van der Waals surface area (Å²) in [5, 5.41) is 4.09. The Kier molecular flexibility index (Phi) is 4.07. The Morgan fingerprint density at radius 2 is 1.57 bits per heavy atom. The molecule has 1 saturated carbocycles. The van der Waals surface area contributed by atoms with Crippen LogP contribution < -0.4 is 5.32 Å². The van der Waals surface area contributed by atoms with Gasteiger partial charge in [-0.05, 0) is 48.9 Å². The van der Waals surface area contributed by atoms with E-state index in [0.717, 1.165) is 35.5 Å². The Morgan fingerprint density at radius 1 is 0.967 bits per heavy atom. The number of para-hydroxylation sites is 1. The fourth-order valence-corrected chi connectivity index (χ4v) is 5.86. The van der Waals surface area contributed by atoms with E-state index in [2.05, 4.69) is 26.1 Å². The quantitative estimate of drug-likeness (QED) is 0.515. The summed E-state index contributed by atoms with van der Waals surface area (Å²) in [5.41, 5.74) is 3.57. The number of anilines is 1. The molecule has 1 amide bonds. The van der Waals surface area contributed by atoms with Crippen molar-refractivity contribution in [3.8, 4) is 0 Å². The predicted octanol–water partition coefficient (Wildman–Crippen LogP) is 6.21. The molecule has 0 aliphatic heterocycles. The van der Waals surface area contributed by atoms with Crippen LogP contribution in [0.5, 0.6) is 0 Å². The van der Waals surface area contributed by atoms with Crippen molar-refractivity contribution < 1.29 is 4.79 Å². The van der Waals surface area contributed by atoms with Gasteiger partial charge in [-0.3, -0.25) is 4.79 Å². The van der Waals surface area contributed by atoms with E-state index < -0.39 is 5.41 Å². The van der Waals surface area contributed by atoms with Gasteiger partial charge in [-0.1, -0.05) is 62.2 Å². The average Bonchev–Trinajstić information content (AvgIpc) is 2.99. The first kappa shape index (κ1) is 19.8. The van der Waals surface area contributed by atoms with E-state index in [1.165, 1.54) is 0 Å². The fraction of sp³-hybridized carbons (Fsp3) is 0.375. The molecule has 0 saturated heterocycles. The minimum absolute atomic E-state index is 0.0158. The van der Waals surface area contributed by atoms with E-state index in [-0.39, 0.29) is 16.7 Å². The van der Waals surface area contributed by atoms with Crippen LogP contribution in [0.25, 0.3) is 11.0 Å². The van der Waals surface area contributed by atoms with Gasteiger partial charge in [-0.15, -0.1) is 0 Å². The van der Waals surface area contributed by atoms with Crippen LogP contribution in [-0.4, -0.2) is 15.9 Å². The first-order valence-corrected chi connectivity index (χ1v) is 10.9. The normalized spacial score (nSPS) is 26.1. The first-order chi connectivity index (χ1) is 14.1. The average molecular weight is 440 g/mol. The number of aryl methyl sites for hydroxylation is 1. The highest BCUT2D eigenvalue weighted by molar-refractivity contribution is 6.42. The number of rotatable bonds is 2. The summed E-state index contributed by atoms with van der Waals surface area (Å²) in [7, 11) is 0. The van der Waals surface area contributed by atoms with Crippen molar-refractivity contribution in [1.29, 1.82) is 0 Å². The Morgan fingerprint density at radius 3 is 2.20 bits per heavy atom. The zero-order chi connectivity index (χ0) is 21.5. The highest BCUT2D eigenvalue weighted by atomic mass is 35.5. The molecule has 2 aliphatic carbocycles. The zero-order valence-electron chi connectivity index (χ0n) is 17.4. The first-order valence-electron chi connectivity index (χ1n) is 10.2. The summed E-state index contributed by atoms with van der Waals surface area (Å²) in [6.07, 6.45) is 1.62. The molecule has 2 aromatic carbocycles. The van der Waals surface area contributed by atoms with Crippen LogP contribution in [0.4, 0.5) is 5.69 Å². The van der Waals surface area contributed by atoms with Crippen molar-refractivity contribution in [3.63, 3.8) is 0 Å². The third-order valence-corrected chi connectivity index (χ3v) is 8.58. The summed E-state index contributed by atoms with van der Waals surface area (Å²) in [6, 6.07) is 11.3. The smallest absolute Gasteiger partial charge is 0.237 e. The minimum atomic E-state index is -0.757. The zero-order valence-corrected chi connectivity index (χ0v) is 18.9. The van der Waals surface area contributed by atoms with Gasteiger partial charge >= 0.3 is 0 Å². The molecule has 2 unspecified atom stereocenters. The number of halogens is 2. The second-order valence-corrected chi connectivity index (χ2v) is 10.1.